The van der Waals surface area contributed by atoms with Gasteiger partial charge >= 0.3 is 0 Å². The van der Waals surface area contributed by atoms with Crippen molar-refractivity contribution in [3.8, 4) is 0 Å². The van der Waals surface area contributed by atoms with Crippen molar-refractivity contribution in [3.63, 3.8) is 0 Å². The topological polar surface area (TPSA) is 74.7 Å². The summed E-state index contributed by atoms with van der Waals surface area (Å²) >= 11 is 18.1. The highest BCUT2D eigenvalue weighted by molar-refractivity contribution is 7.86. The van der Waals surface area contributed by atoms with Gasteiger partial charge in [-0.25, -0.2) is 0 Å². The summed E-state index contributed by atoms with van der Waals surface area (Å²) in [4.78, 5) is 14.6. The van der Waals surface area contributed by atoms with Crippen molar-refractivity contribution in [2.75, 3.05) is 13.1 Å². The number of hydrogen-bond acceptors (Lipinski definition) is 3. The molecule has 1 N–H and O–H groups in total. The monoisotopic (exact) mass is 475 g/mol. The number of amides is 1. The molecule has 2 atom stereocenters. The molecule has 1 saturated heterocycles. The molecule has 1 aliphatic rings. The lowest BCUT2D eigenvalue weighted by atomic mass is 9.75. The first-order chi connectivity index (χ1) is 13.6. The zero-order valence-corrected chi connectivity index (χ0v) is 18.7. The van der Waals surface area contributed by atoms with Gasteiger partial charge in [0, 0.05) is 29.1 Å². The van der Waals surface area contributed by atoms with Gasteiger partial charge in [0.25, 0.3) is 16.0 Å². The molecule has 2 unspecified atom stereocenters. The van der Waals surface area contributed by atoms with Crippen molar-refractivity contribution < 1.29 is 17.8 Å². The number of halogens is 3. The molecular formula is C20H20Cl3NO4S. The fraction of sp³-hybridized carbons (Fsp3) is 0.350. The van der Waals surface area contributed by atoms with Gasteiger partial charge in [0.1, 0.15) is 0 Å². The van der Waals surface area contributed by atoms with Crippen LogP contribution in [0, 0.1) is 0 Å². The highest BCUT2D eigenvalue weighted by atomic mass is 35.5. The van der Waals surface area contributed by atoms with Crippen molar-refractivity contribution in [2.45, 2.75) is 30.4 Å². The second-order valence-corrected chi connectivity index (χ2v) is 10.0. The van der Waals surface area contributed by atoms with Crippen molar-refractivity contribution >= 4 is 50.8 Å². The van der Waals surface area contributed by atoms with Gasteiger partial charge in [-0.3, -0.25) is 9.35 Å². The van der Waals surface area contributed by atoms with Crippen LogP contribution in [0.5, 0.6) is 0 Å². The minimum absolute atomic E-state index is 0.130. The molecule has 0 bridgehead atoms. The van der Waals surface area contributed by atoms with Crippen LogP contribution < -0.4 is 0 Å². The SMILES string of the molecule is CCC(C1(c2ccc(Cl)c(Cl)c2)CCN(C(=O)c2ccc(Cl)cc2)C1)S(=O)(=O)O. The van der Waals surface area contributed by atoms with E-state index in [1.165, 1.54) is 0 Å². The predicted octanol–water partition coefficient (Wildman–Crippen LogP) is 5.10. The van der Waals surface area contributed by atoms with Gasteiger partial charge < -0.3 is 4.90 Å². The molecule has 2 aromatic rings. The molecule has 156 valence electrons. The van der Waals surface area contributed by atoms with Crippen LogP contribution in [0.3, 0.4) is 0 Å². The van der Waals surface area contributed by atoms with E-state index in [9.17, 15) is 17.8 Å². The lowest BCUT2D eigenvalue weighted by molar-refractivity contribution is 0.0782. The molecule has 0 saturated carbocycles. The highest BCUT2D eigenvalue weighted by Gasteiger charge is 2.51. The largest absolute Gasteiger partial charge is 0.338 e. The third-order valence-electron chi connectivity index (χ3n) is 5.52. The van der Waals surface area contributed by atoms with Crippen molar-refractivity contribution in [1.82, 2.24) is 4.90 Å². The number of rotatable bonds is 5. The molecule has 3 rings (SSSR count). The van der Waals surface area contributed by atoms with Gasteiger partial charge in [0.05, 0.1) is 15.3 Å². The lowest BCUT2D eigenvalue weighted by Crippen LogP contribution is -2.47. The highest BCUT2D eigenvalue weighted by Crippen LogP contribution is 2.43. The molecule has 0 radical (unpaired) electrons. The number of benzene rings is 2. The Balaban J connectivity index is 2.04. The summed E-state index contributed by atoms with van der Waals surface area (Å²) < 4.78 is 34.4. The van der Waals surface area contributed by atoms with Crippen LogP contribution in [0.25, 0.3) is 0 Å². The summed E-state index contributed by atoms with van der Waals surface area (Å²) in [7, 11) is -4.38. The van der Waals surface area contributed by atoms with Crippen molar-refractivity contribution in [2.24, 2.45) is 0 Å². The Morgan fingerprint density at radius 1 is 1.14 bits per heavy atom. The minimum Gasteiger partial charge on any atom is -0.338 e. The zero-order valence-electron chi connectivity index (χ0n) is 15.6. The number of likely N-dealkylation sites (tertiary alicyclic amines) is 1. The summed E-state index contributed by atoms with van der Waals surface area (Å²) in [5.41, 5.74) is 0.0839. The van der Waals surface area contributed by atoms with E-state index < -0.39 is 20.8 Å². The van der Waals surface area contributed by atoms with Gasteiger partial charge in [0.15, 0.2) is 0 Å². The van der Waals surface area contributed by atoms with Crippen LogP contribution in [-0.4, -0.2) is 42.1 Å². The molecule has 1 amide bonds. The molecule has 0 aliphatic carbocycles. The van der Waals surface area contributed by atoms with E-state index in [-0.39, 0.29) is 23.9 Å². The first kappa shape index (κ1) is 22.4. The van der Waals surface area contributed by atoms with E-state index >= 15 is 0 Å². The number of carbonyl (C=O) groups is 1. The molecule has 29 heavy (non-hydrogen) atoms. The zero-order chi connectivity index (χ0) is 21.4. The fourth-order valence-electron chi connectivity index (χ4n) is 4.16. The standard InChI is InChI=1S/C20H20Cl3NO4S/c1-2-18(29(26,27)28)20(14-5-8-16(22)17(23)11-14)9-10-24(12-20)19(25)13-3-6-15(21)7-4-13/h3-8,11,18H,2,9-10,12H2,1H3,(H,26,27,28). The number of carbonyl (C=O) groups excluding carboxylic acids is 1. The fourth-order valence-corrected chi connectivity index (χ4v) is 5.90. The Kier molecular flexibility index (Phi) is 6.51. The molecule has 9 heteroatoms. The van der Waals surface area contributed by atoms with Gasteiger partial charge in [-0.2, -0.15) is 8.42 Å². The molecule has 1 fully saturated rings. The van der Waals surface area contributed by atoms with E-state index in [2.05, 4.69) is 0 Å². The third kappa shape index (κ3) is 4.42. The van der Waals surface area contributed by atoms with Crippen molar-refractivity contribution in [1.29, 1.82) is 0 Å². The first-order valence-electron chi connectivity index (χ1n) is 9.05. The van der Waals surface area contributed by atoms with Crippen LogP contribution in [0.4, 0.5) is 0 Å². The van der Waals surface area contributed by atoms with Gasteiger partial charge in [-0.15, -0.1) is 0 Å². The molecule has 5 nitrogen and oxygen atoms in total. The van der Waals surface area contributed by atoms with Crippen LogP contribution in [0.2, 0.25) is 15.1 Å². The van der Waals surface area contributed by atoms with Gasteiger partial charge in [-0.05, 0) is 54.8 Å². The summed E-state index contributed by atoms with van der Waals surface area (Å²) in [6.07, 6.45) is 0.546. The average Bonchev–Trinajstić information content (AvgIpc) is 3.09. The maximum absolute atomic E-state index is 13.0. The van der Waals surface area contributed by atoms with Crippen LogP contribution in [0.1, 0.15) is 35.7 Å². The third-order valence-corrected chi connectivity index (χ3v) is 8.02. The van der Waals surface area contributed by atoms with E-state index in [0.717, 1.165) is 0 Å². The van der Waals surface area contributed by atoms with E-state index in [1.54, 1.807) is 54.3 Å². The Morgan fingerprint density at radius 3 is 2.34 bits per heavy atom. The summed E-state index contributed by atoms with van der Waals surface area (Å²) in [6, 6.07) is 11.4. The molecule has 1 heterocycles. The van der Waals surface area contributed by atoms with Gasteiger partial charge in [0.2, 0.25) is 0 Å². The van der Waals surface area contributed by atoms with Crippen molar-refractivity contribution in [3.05, 3.63) is 68.7 Å². The van der Waals surface area contributed by atoms with Gasteiger partial charge in [-0.1, -0.05) is 47.8 Å². The second-order valence-electron chi connectivity index (χ2n) is 7.18. The molecule has 0 spiro atoms. The van der Waals surface area contributed by atoms with E-state index in [0.29, 0.717) is 34.1 Å². The molecule has 2 aromatic carbocycles. The predicted molar refractivity (Wildman–Crippen MR) is 116 cm³/mol. The normalized spacial score (nSPS) is 20.7. The van der Waals surface area contributed by atoms with Crippen LogP contribution in [-0.2, 0) is 15.5 Å². The number of nitrogens with zero attached hydrogens (tertiary/aromatic N) is 1. The first-order valence-corrected chi connectivity index (χ1v) is 11.7. The number of hydrogen-bond donors (Lipinski definition) is 1. The maximum atomic E-state index is 13.0. The van der Waals surface area contributed by atoms with E-state index in [1.807, 2.05) is 0 Å². The average molecular weight is 477 g/mol. The lowest BCUT2D eigenvalue weighted by Gasteiger charge is -2.36. The van der Waals surface area contributed by atoms with E-state index in [4.69, 9.17) is 34.8 Å². The van der Waals surface area contributed by atoms with Crippen LogP contribution in [0.15, 0.2) is 42.5 Å². The smallest absolute Gasteiger partial charge is 0.268 e. The van der Waals surface area contributed by atoms with Crippen LogP contribution >= 0.6 is 34.8 Å². The molecule has 0 aromatic heterocycles. The second kappa shape index (κ2) is 8.44. The summed E-state index contributed by atoms with van der Waals surface area (Å²) in [6.45, 7) is 2.17. The Hall–Kier alpha value is -1.31. The summed E-state index contributed by atoms with van der Waals surface area (Å²) in [5, 5.41) is 0.0644. The minimum atomic E-state index is -4.38. The Morgan fingerprint density at radius 2 is 1.79 bits per heavy atom. The summed E-state index contributed by atoms with van der Waals surface area (Å²) in [5.74, 6) is -0.228. The molecular weight excluding hydrogens is 457 g/mol. The molecule has 1 aliphatic heterocycles. The Bertz CT molecular complexity index is 1030. The maximum Gasteiger partial charge on any atom is 0.268 e. The Labute approximate surface area is 185 Å². The quantitative estimate of drug-likeness (QED) is 0.609.